The third kappa shape index (κ3) is 1.82. The third-order valence-electron chi connectivity index (χ3n) is 2.59. The van der Waals surface area contributed by atoms with Crippen LogP contribution >= 0.6 is 15.9 Å². The molecule has 5 heteroatoms. The summed E-state index contributed by atoms with van der Waals surface area (Å²) in [5, 5.41) is 11.1. The first-order valence-corrected chi connectivity index (χ1v) is 6.31. The molecule has 0 aliphatic rings. The maximum Gasteiger partial charge on any atom is 0.0937 e. The molecule has 4 nitrogen and oxygen atoms in total. The molecule has 0 radical (unpaired) electrons. The van der Waals surface area contributed by atoms with E-state index in [2.05, 4.69) is 37.3 Å². The molecule has 0 saturated carbocycles. The number of rotatable bonds is 2. The number of alkyl halides is 1. The zero-order valence-electron chi connectivity index (χ0n) is 8.92. The van der Waals surface area contributed by atoms with Gasteiger partial charge in [-0.15, -0.1) is 5.10 Å². The fraction of sp³-hybridized carbons (Fsp3) is 0.0833. The molecular weight excluding hydrogens is 280 g/mol. The molecule has 84 valence electrons. The first-order chi connectivity index (χ1) is 8.38. The summed E-state index contributed by atoms with van der Waals surface area (Å²) in [4.78, 5) is 4.16. The van der Waals surface area contributed by atoms with Gasteiger partial charge in [-0.1, -0.05) is 33.3 Å². The second kappa shape index (κ2) is 4.25. The molecular formula is C12H9BrN4. The Balaban J connectivity index is 2.23. The number of benzene rings is 1. The Morgan fingerprint density at radius 2 is 2.18 bits per heavy atom. The highest BCUT2D eigenvalue weighted by Gasteiger charge is 2.05. The number of aromatic nitrogens is 4. The number of hydrogen-bond donors (Lipinski definition) is 0. The van der Waals surface area contributed by atoms with E-state index in [0.717, 1.165) is 22.2 Å². The van der Waals surface area contributed by atoms with Gasteiger partial charge in [-0.05, 0) is 17.5 Å². The topological polar surface area (TPSA) is 43.6 Å². The molecule has 3 aromatic rings. The zero-order chi connectivity index (χ0) is 11.7. The number of hydrogen-bond acceptors (Lipinski definition) is 3. The minimum atomic E-state index is 0.704. The van der Waals surface area contributed by atoms with Gasteiger partial charge in [0.25, 0.3) is 0 Å². The van der Waals surface area contributed by atoms with Gasteiger partial charge in [0.1, 0.15) is 0 Å². The SMILES string of the molecule is BrCc1cn(-c2cccc3ccncc23)nn1. The van der Waals surface area contributed by atoms with Gasteiger partial charge in [0.2, 0.25) is 0 Å². The van der Waals surface area contributed by atoms with E-state index in [-0.39, 0.29) is 0 Å². The van der Waals surface area contributed by atoms with E-state index >= 15 is 0 Å². The molecule has 0 spiro atoms. The second-order valence-electron chi connectivity index (χ2n) is 3.66. The van der Waals surface area contributed by atoms with Crippen molar-refractivity contribution in [2.24, 2.45) is 0 Å². The summed E-state index contributed by atoms with van der Waals surface area (Å²) in [5.74, 6) is 0. The van der Waals surface area contributed by atoms with E-state index in [0.29, 0.717) is 5.33 Å². The van der Waals surface area contributed by atoms with Crippen LogP contribution in [0.1, 0.15) is 5.69 Å². The van der Waals surface area contributed by atoms with Crippen LogP contribution in [0.25, 0.3) is 16.5 Å². The quantitative estimate of drug-likeness (QED) is 0.681. The molecule has 17 heavy (non-hydrogen) atoms. The molecule has 0 amide bonds. The van der Waals surface area contributed by atoms with Gasteiger partial charge in [-0.3, -0.25) is 4.98 Å². The number of halogens is 1. The van der Waals surface area contributed by atoms with Crippen molar-refractivity contribution in [3.63, 3.8) is 0 Å². The molecule has 0 unspecified atom stereocenters. The van der Waals surface area contributed by atoms with Gasteiger partial charge >= 0.3 is 0 Å². The molecule has 2 aromatic heterocycles. The van der Waals surface area contributed by atoms with Crippen molar-refractivity contribution in [1.82, 2.24) is 20.0 Å². The summed E-state index contributed by atoms with van der Waals surface area (Å²) in [6.45, 7) is 0. The van der Waals surface area contributed by atoms with E-state index in [1.54, 1.807) is 10.9 Å². The number of fused-ring (bicyclic) bond motifs is 1. The van der Waals surface area contributed by atoms with Crippen LogP contribution in [-0.2, 0) is 5.33 Å². The van der Waals surface area contributed by atoms with E-state index in [4.69, 9.17) is 0 Å². The largest absolute Gasteiger partial charge is 0.264 e. The normalized spacial score (nSPS) is 10.9. The van der Waals surface area contributed by atoms with Crippen LogP contribution in [0.3, 0.4) is 0 Å². The summed E-state index contributed by atoms with van der Waals surface area (Å²) in [7, 11) is 0. The smallest absolute Gasteiger partial charge is 0.0937 e. The van der Waals surface area contributed by atoms with E-state index < -0.39 is 0 Å². The lowest BCUT2D eigenvalue weighted by Crippen LogP contribution is -1.96. The fourth-order valence-corrected chi connectivity index (χ4v) is 2.03. The minimum Gasteiger partial charge on any atom is -0.264 e. The molecule has 0 fully saturated rings. The van der Waals surface area contributed by atoms with Crippen molar-refractivity contribution in [2.75, 3.05) is 0 Å². The summed E-state index contributed by atoms with van der Waals surface area (Å²) in [6, 6.07) is 8.06. The standard InChI is InChI=1S/C12H9BrN4/c13-6-10-8-17(16-15-10)12-3-1-2-9-4-5-14-7-11(9)12/h1-5,7-8H,6H2. The average Bonchev–Trinajstić information content (AvgIpc) is 2.87. The Kier molecular flexibility index (Phi) is 2.60. The first kappa shape index (κ1) is 10.4. The third-order valence-corrected chi connectivity index (χ3v) is 3.16. The molecule has 3 rings (SSSR count). The summed E-state index contributed by atoms with van der Waals surface area (Å²) in [6.07, 6.45) is 5.55. The predicted molar refractivity (Wildman–Crippen MR) is 69.3 cm³/mol. The summed E-state index contributed by atoms with van der Waals surface area (Å²) in [5.41, 5.74) is 1.90. The van der Waals surface area contributed by atoms with Crippen LogP contribution < -0.4 is 0 Å². The highest BCUT2D eigenvalue weighted by atomic mass is 79.9. The van der Waals surface area contributed by atoms with Crippen LogP contribution in [0.2, 0.25) is 0 Å². The van der Waals surface area contributed by atoms with E-state index in [1.165, 1.54) is 0 Å². The van der Waals surface area contributed by atoms with Crippen molar-refractivity contribution >= 4 is 26.7 Å². The molecule has 0 N–H and O–H groups in total. The molecule has 2 heterocycles. The van der Waals surface area contributed by atoms with Crippen LogP contribution in [-0.4, -0.2) is 20.0 Å². The van der Waals surface area contributed by atoms with Crippen LogP contribution in [0.15, 0.2) is 42.9 Å². The van der Waals surface area contributed by atoms with Gasteiger partial charge in [-0.25, -0.2) is 4.68 Å². The fourth-order valence-electron chi connectivity index (χ4n) is 1.77. The van der Waals surface area contributed by atoms with Gasteiger partial charge in [0.15, 0.2) is 0 Å². The minimum absolute atomic E-state index is 0.704. The highest BCUT2D eigenvalue weighted by molar-refractivity contribution is 9.08. The van der Waals surface area contributed by atoms with Gasteiger partial charge in [-0.2, -0.15) is 0 Å². The van der Waals surface area contributed by atoms with Crippen molar-refractivity contribution in [3.8, 4) is 5.69 Å². The van der Waals surface area contributed by atoms with Crippen molar-refractivity contribution in [2.45, 2.75) is 5.33 Å². The molecule has 0 aliphatic heterocycles. The van der Waals surface area contributed by atoms with Crippen molar-refractivity contribution in [1.29, 1.82) is 0 Å². The molecule has 1 aromatic carbocycles. The summed E-state index contributed by atoms with van der Waals surface area (Å²) >= 11 is 3.36. The average molecular weight is 289 g/mol. The maximum atomic E-state index is 4.16. The first-order valence-electron chi connectivity index (χ1n) is 5.19. The van der Waals surface area contributed by atoms with Crippen LogP contribution in [0, 0.1) is 0 Å². The molecule has 0 atom stereocenters. The van der Waals surface area contributed by atoms with Crippen molar-refractivity contribution in [3.05, 3.63) is 48.5 Å². The lowest BCUT2D eigenvalue weighted by atomic mass is 10.1. The Morgan fingerprint density at radius 3 is 3.00 bits per heavy atom. The van der Waals surface area contributed by atoms with Gasteiger partial charge in [0.05, 0.1) is 17.6 Å². The number of nitrogens with zero attached hydrogens (tertiary/aromatic N) is 4. The lowest BCUT2D eigenvalue weighted by molar-refractivity contribution is 0.805. The van der Waals surface area contributed by atoms with Gasteiger partial charge in [0, 0.05) is 23.1 Å². The Labute approximate surface area is 106 Å². The molecule has 0 saturated heterocycles. The monoisotopic (exact) mass is 288 g/mol. The van der Waals surface area contributed by atoms with Gasteiger partial charge < -0.3 is 0 Å². The maximum absolute atomic E-state index is 4.16. The Bertz CT molecular complexity index is 657. The Morgan fingerprint density at radius 1 is 1.24 bits per heavy atom. The Hall–Kier alpha value is -1.75. The van der Waals surface area contributed by atoms with Crippen molar-refractivity contribution < 1.29 is 0 Å². The van der Waals surface area contributed by atoms with E-state index in [9.17, 15) is 0 Å². The lowest BCUT2D eigenvalue weighted by Gasteiger charge is -2.04. The predicted octanol–water partition coefficient (Wildman–Crippen LogP) is 2.71. The zero-order valence-corrected chi connectivity index (χ0v) is 10.5. The van der Waals surface area contributed by atoms with Crippen LogP contribution in [0.4, 0.5) is 0 Å². The van der Waals surface area contributed by atoms with Crippen LogP contribution in [0.5, 0.6) is 0 Å². The highest BCUT2D eigenvalue weighted by Crippen LogP contribution is 2.20. The summed E-state index contributed by atoms with van der Waals surface area (Å²) < 4.78 is 1.78. The second-order valence-corrected chi connectivity index (χ2v) is 4.22. The number of pyridine rings is 1. The molecule has 0 aliphatic carbocycles. The van der Waals surface area contributed by atoms with E-state index in [1.807, 2.05) is 30.6 Å². The molecule has 0 bridgehead atoms.